The zero-order valence-corrected chi connectivity index (χ0v) is 13.4. The number of aryl methyl sites for hydroxylation is 1. The van der Waals surface area contributed by atoms with Crippen LogP contribution in [0.15, 0.2) is 42.5 Å². The summed E-state index contributed by atoms with van der Waals surface area (Å²) in [6.45, 7) is 1.90. The van der Waals surface area contributed by atoms with Gasteiger partial charge in [-0.1, -0.05) is 11.6 Å². The second-order valence-corrected chi connectivity index (χ2v) is 5.54. The summed E-state index contributed by atoms with van der Waals surface area (Å²) in [6, 6.07) is 11.8. The minimum atomic E-state index is -0.414. The van der Waals surface area contributed by atoms with Crippen LogP contribution >= 0.6 is 11.6 Å². The topological polar surface area (TPSA) is 93.9 Å². The molecule has 0 radical (unpaired) electrons. The molecule has 0 unspecified atom stereocenters. The Labute approximate surface area is 142 Å². The first-order chi connectivity index (χ1) is 11.5. The van der Waals surface area contributed by atoms with Gasteiger partial charge in [0.1, 0.15) is 12.4 Å². The molecule has 3 rings (SSSR count). The molecule has 7 nitrogen and oxygen atoms in total. The summed E-state index contributed by atoms with van der Waals surface area (Å²) in [5.74, 6) is 1.68. The third-order valence-electron chi connectivity index (χ3n) is 3.37. The van der Waals surface area contributed by atoms with Crippen molar-refractivity contribution in [3.05, 3.63) is 69.0 Å². The number of benzene rings is 2. The van der Waals surface area contributed by atoms with Crippen LogP contribution in [0.3, 0.4) is 0 Å². The van der Waals surface area contributed by atoms with Crippen molar-refractivity contribution in [2.75, 3.05) is 0 Å². The molecule has 0 atom stereocenters. The van der Waals surface area contributed by atoms with E-state index in [4.69, 9.17) is 16.3 Å². The monoisotopic (exact) mass is 344 g/mol. The number of hydrogen-bond acceptors (Lipinski definition) is 5. The maximum Gasteiger partial charge on any atom is 0.272 e. The van der Waals surface area contributed by atoms with E-state index in [0.717, 1.165) is 0 Å². The van der Waals surface area contributed by atoms with Crippen LogP contribution in [-0.4, -0.2) is 20.1 Å². The molecule has 0 saturated carbocycles. The predicted molar refractivity (Wildman–Crippen MR) is 89.0 cm³/mol. The molecule has 1 heterocycles. The number of nitro benzene ring substituents is 1. The molecule has 0 saturated heterocycles. The first kappa shape index (κ1) is 15.9. The van der Waals surface area contributed by atoms with Crippen LogP contribution in [0.2, 0.25) is 5.02 Å². The molecule has 3 aromatic rings. The summed E-state index contributed by atoms with van der Waals surface area (Å²) >= 11 is 5.82. The Bertz CT molecular complexity index is 877. The van der Waals surface area contributed by atoms with E-state index in [1.165, 1.54) is 6.07 Å². The number of nitro groups is 1. The van der Waals surface area contributed by atoms with Gasteiger partial charge in [0.2, 0.25) is 0 Å². The van der Waals surface area contributed by atoms with Crippen molar-refractivity contribution in [1.29, 1.82) is 0 Å². The molecule has 0 aliphatic heterocycles. The summed E-state index contributed by atoms with van der Waals surface area (Å²) in [5, 5.41) is 18.4. The molecule has 0 aliphatic rings. The average molecular weight is 345 g/mol. The largest absolute Gasteiger partial charge is 0.486 e. The van der Waals surface area contributed by atoms with Crippen molar-refractivity contribution < 1.29 is 9.66 Å². The molecular formula is C16H13ClN4O3. The Morgan fingerprint density at radius 1 is 1.25 bits per heavy atom. The molecule has 0 bridgehead atoms. The Hall–Kier alpha value is -2.93. The fraction of sp³-hybridized carbons (Fsp3) is 0.125. The van der Waals surface area contributed by atoms with Gasteiger partial charge in [0.15, 0.2) is 11.6 Å². The van der Waals surface area contributed by atoms with E-state index in [1.54, 1.807) is 43.3 Å². The Morgan fingerprint density at radius 3 is 2.67 bits per heavy atom. The summed E-state index contributed by atoms with van der Waals surface area (Å²) in [4.78, 5) is 14.8. The number of nitrogens with one attached hydrogen (secondary N) is 1. The van der Waals surface area contributed by atoms with Gasteiger partial charge in [0.25, 0.3) is 5.69 Å². The molecule has 0 aliphatic carbocycles. The first-order valence-corrected chi connectivity index (χ1v) is 7.46. The van der Waals surface area contributed by atoms with E-state index in [1.807, 2.05) is 0 Å². The van der Waals surface area contributed by atoms with Gasteiger partial charge in [-0.05, 0) is 43.3 Å². The van der Waals surface area contributed by atoms with Gasteiger partial charge in [0, 0.05) is 22.2 Å². The minimum absolute atomic E-state index is 0.0700. The zero-order valence-electron chi connectivity index (χ0n) is 12.7. The average Bonchev–Trinajstić information content (AvgIpc) is 3.03. The highest BCUT2D eigenvalue weighted by Gasteiger charge is 2.13. The highest BCUT2D eigenvalue weighted by Crippen LogP contribution is 2.24. The van der Waals surface area contributed by atoms with E-state index >= 15 is 0 Å². The fourth-order valence-corrected chi connectivity index (χ4v) is 2.30. The second-order valence-electron chi connectivity index (χ2n) is 5.11. The van der Waals surface area contributed by atoms with Crippen LogP contribution in [0.25, 0.3) is 11.4 Å². The van der Waals surface area contributed by atoms with Crippen molar-refractivity contribution in [2.45, 2.75) is 13.5 Å². The summed E-state index contributed by atoms with van der Waals surface area (Å²) in [5.41, 5.74) is 1.33. The number of H-pyrrole nitrogens is 1. The number of aromatic amines is 1. The lowest BCUT2D eigenvalue weighted by Gasteiger charge is -2.03. The molecule has 0 fully saturated rings. The highest BCUT2D eigenvalue weighted by molar-refractivity contribution is 6.30. The standard InChI is InChI=1S/C16H13ClN4O3/c1-10-8-11(2-7-14(10)21(22)23)16-18-15(19-20-16)9-24-13-5-3-12(17)4-6-13/h2-8H,9H2,1H3,(H,18,19,20). The minimum Gasteiger partial charge on any atom is -0.486 e. The van der Waals surface area contributed by atoms with Gasteiger partial charge in [-0.2, -0.15) is 5.10 Å². The number of nitrogens with zero attached hydrogens (tertiary/aromatic N) is 3. The number of rotatable bonds is 5. The number of ether oxygens (including phenoxy) is 1. The van der Waals surface area contributed by atoms with E-state index in [9.17, 15) is 10.1 Å². The van der Waals surface area contributed by atoms with Crippen LogP contribution in [0, 0.1) is 17.0 Å². The lowest BCUT2D eigenvalue weighted by Crippen LogP contribution is -1.97. The molecule has 2 aromatic carbocycles. The SMILES string of the molecule is Cc1cc(-c2n[nH]c(COc3ccc(Cl)cc3)n2)ccc1[N+](=O)[O-]. The normalized spacial score (nSPS) is 10.6. The smallest absolute Gasteiger partial charge is 0.272 e. The first-order valence-electron chi connectivity index (χ1n) is 7.08. The molecule has 8 heteroatoms. The van der Waals surface area contributed by atoms with Gasteiger partial charge >= 0.3 is 0 Å². The fourth-order valence-electron chi connectivity index (χ4n) is 2.17. The molecule has 0 spiro atoms. The van der Waals surface area contributed by atoms with Crippen LogP contribution in [0.4, 0.5) is 5.69 Å². The van der Waals surface area contributed by atoms with Gasteiger partial charge < -0.3 is 4.74 Å². The van der Waals surface area contributed by atoms with Gasteiger partial charge in [0.05, 0.1) is 4.92 Å². The van der Waals surface area contributed by atoms with Crippen molar-refractivity contribution in [3.63, 3.8) is 0 Å². The van der Waals surface area contributed by atoms with Crippen LogP contribution in [0.1, 0.15) is 11.4 Å². The van der Waals surface area contributed by atoms with Crippen molar-refractivity contribution in [1.82, 2.24) is 15.2 Å². The van der Waals surface area contributed by atoms with Crippen molar-refractivity contribution in [3.8, 4) is 17.1 Å². The quantitative estimate of drug-likeness (QED) is 0.559. The van der Waals surface area contributed by atoms with E-state index < -0.39 is 4.92 Å². The molecule has 122 valence electrons. The Morgan fingerprint density at radius 2 is 2.00 bits per heavy atom. The molecule has 0 amide bonds. The molecule has 1 N–H and O–H groups in total. The zero-order chi connectivity index (χ0) is 17.1. The maximum absolute atomic E-state index is 10.9. The van der Waals surface area contributed by atoms with Gasteiger partial charge in [-0.25, -0.2) is 4.98 Å². The van der Waals surface area contributed by atoms with Crippen LogP contribution in [-0.2, 0) is 6.61 Å². The van der Waals surface area contributed by atoms with E-state index in [-0.39, 0.29) is 12.3 Å². The van der Waals surface area contributed by atoms with E-state index in [2.05, 4.69) is 15.2 Å². The van der Waals surface area contributed by atoms with Gasteiger partial charge in [-0.3, -0.25) is 15.2 Å². The molecule has 1 aromatic heterocycles. The second kappa shape index (κ2) is 6.67. The summed E-state index contributed by atoms with van der Waals surface area (Å²) in [7, 11) is 0. The summed E-state index contributed by atoms with van der Waals surface area (Å²) < 4.78 is 5.59. The van der Waals surface area contributed by atoms with Crippen molar-refractivity contribution >= 4 is 17.3 Å². The molecule has 24 heavy (non-hydrogen) atoms. The van der Waals surface area contributed by atoms with Crippen LogP contribution < -0.4 is 4.74 Å². The molecular weight excluding hydrogens is 332 g/mol. The van der Waals surface area contributed by atoms with Gasteiger partial charge in [-0.15, -0.1) is 0 Å². The number of hydrogen-bond donors (Lipinski definition) is 1. The number of halogens is 1. The highest BCUT2D eigenvalue weighted by atomic mass is 35.5. The van der Waals surface area contributed by atoms with E-state index in [0.29, 0.717) is 33.5 Å². The Balaban J connectivity index is 1.72. The van der Waals surface area contributed by atoms with Crippen molar-refractivity contribution in [2.24, 2.45) is 0 Å². The number of aromatic nitrogens is 3. The Kier molecular flexibility index (Phi) is 4.43. The maximum atomic E-state index is 10.9. The third kappa shape index (κ3) is 3.52. The predicted octanol–water partition coefficient (Wildman–Crippen LogP) is 3.92. The summed E-state index contributed by atoms with van der Waals surface area (Å²) in [6.07, 6.45) is 0. The van der Waals surface area contributed by atoms with Crippen LogP contribution in [0.5, 0.6) is 5.75 Å². The lowest BCUT2D eigenvalue weighted by molar-refractivity contribution is -0.385. The lowest BCUT2D eigenvalue weighted by atomic mass is 10.1. The third-order valence-corrected chi connectivity index (χ3v) is 3.62.